The fraction of sp³-hybridized carbons (Fsp3) is 0.222. The van der Waals surface area contributed by atoms with Crippen molar-refractivity contribution in [3.05, 3.63) is 62.3 Å². The van der Waals surface area contributed by atoms with Crippen LogP contribution >= 0.6 is 0 Å². The lowest BCUT2D eigenvalue weighted by atomic mass is 10.1. The molecule has 0 radical (unpaired) electrons. The van der Waals surface area contributed by atoms with Gasteiger partial charge in [-0.3, -0.25) is 9.59 Å². The van der Waals surface area contributed by atoms with Crippen molar-refractivity contribution < 1.29 is 9.47 Å². The van der Waals surface area contributed by atoms with Crippen molar-refractivity contribution in [2.75, 3.05) is 19.5 Å². The first-order chi connectivity index (χ1) is 12.0. The fourth-order valence-corrected chi connectivity index (χ4v) is 2.69. The summed E-state index contributed by atoms with van der Waals surface area (Å²) in [5.41, 5.74) is 1.99. The van der Waals surface area contributed by atoms with Gasteiger partial charge in [-0.05, 0) is 30.7 Å². The van der Waals surface area contributed by atoms with E-state index in [1.807, 2.05) is 6.92 Å². The number of aromatic amines is 2. The van der Waals surface area contributed by atoms with Crippen LogP contribution in [0.4, 0.5) is 5.69 Å². The Kier molecular flexibility index (Phi) is 4.47. The molecule has 1 aromatic carbocycles. The molecule has 0 spiro atoms. The molecule has 0 aliphatic rings. The van der Waals surface area contributed by atoms with E-state index in [4.69, 9.17) is 9.47 Å². The van der Waals surface area contributed by atoms with Crippen LogP contribution in [0.1, 0.15) is 11.1 Å². The second-order valence-corrected chi connectivity index (χ2v) is 5.64. The number of nitrogens with one attached hydrogen (secondary N) is 3. The predicted molar refractivity (Wildman–Crippen MR) is 96.8 cm³/mol. The summed E-state index contributed by atoms with van der Waals surface area (Å²) >= 11 is 0. The Hall–Kier alpha value is -3.22. The molecule has 0 amide bonds. The predicted octanol–water partition coefficient (Wildman–Crippen LogP) is 2.15. The molecule has 0 aliphatic heterocycles. The van der Waals surface area contributed by atoms with Crippen molar-refractivity contribution in [1.29, 1.82) is 0 Å². The van der Waals surface area contributed by atoms with Crippen LogP contribution in [0.5, 0.6) is 11.5 Å². The smallest absolute Gasteiger partial charge is 0.271 e. The molecule has 3 aromatic rings. The lowest BCUT2D eigenvalue weighted by Crippen LogP contribution is -2.19. The maximum absolute atomic E-state index is 12.3. The van der Waals surface area contributed by atoms with Crippen LogP contribution in [0.3, 0.4) is 0 Å². The van der Waals surface area contributed by atoms with Gasteiger partial charge < -0.3 is 24.8 Å². The minimum atomic E-state index is -0.225. The SMILES string of the molecule is COc1cc2cc(CNc3c(C)cc[nH]c3=O)c(=O)[nH]c2cc1OC. The molecule has 25 heavy (non-hydrogen) atoms. The van der Waals surface area contributed by atoms with Crippen molar-refractivity contribution >= 4 is 16.6 Å². The molecule has 0 aliphatic carbocycles. The summed E-state index contributed by atoms with van der Waals surface area (Å²) in [6, 6.07) is 7.09. The Labute approximate surface area is 143 Å². The van der Waals surface area contributed by atoms with Gasteiger partial charge in [-0.15, -0.1) is 0 Å². The van der Waals surface area contributed by atoms with Crippen LogP contribution in [0.25, 0.3) is 10.9 Å². The van der Waals surface area contributed by atoms with Crippen LogP contribution in [0.15, 0.2) is 40.1 Å². The van der Waals surface area contributed by atoms with Gasteiger partial charge >= 0.3 is 0 Å². The quantitative estimate of drug-likeness (QED) is 0.661. The number of fused-ring (bicyclic) bond motifs is 1. The Bertz CT molecular complexity index is 1040. The van der Waals surface area contributed by atoms with Crippen LogP contribution in [0.2, 0.25) is 0 Å². The van der Waals surface area contributed by atoms with Gasteiger partial charge in [0.2, 0.25) is 0 Å². The second kappa shape index (κ2) is 6.72. The van der Waals surface area contributed by atoms with E-state index in [0.29, 0.717) is 28.3 Å². The molecule has 0 saturated carbocycles. The molecular formula is C18H19N3O4. The largest absolute Gasteiger partial charge is 0.493 e. The highest BCUT2D eigenvalue weighted by atomic mass is 16.5. The number of rotatable bonds is 5. The number of anilines is 1. The molecule has 0 atom stereocenters. The van der Waals surface area contributed by atoms with E-state index in [1.165, 1.54) is 0 Å². The number of aryl methyl sites for hydroxylation is 1. The van der Waals surface area contributed by atoms with Crippen LogP contribution in [-0.4, -0.2) is 24.2 Å². The molecule has 130 valence electrons. The number of benzene rings is 1. The molecule has 0 saturated heterocycles. The number of aromatic nitrogens is 2. The number of hydrogen-bond donors (Lipinski definition) is 3. The highest BCUT2D eigenvalue weighted by Gasteiger charge is 2.10. The van der Waals surface area contributed by atoms with E-state index in [-0.39, 0.29) is 17.7 Å². The lowest BCUT2D eigenvalue weighted by Gasteiger charge is -2.11. The van der Waals surface area contributed by atoms with Gasteiger partial charge in [0.15, 0.2) is 11.5 Å². The highest BCUT2D eigenvalue weighted by Crippen LogP contribution is 2.31. The van der Waals surface area contributed by atoms with Crippen molar-refractivity contribution in [3.8, 4) is 11.5 Å². The average Bonchev–Trinajstić information content (AvgIpc) is 2.60. The van der Waals surface area contributed by atoms with E-state index >= 15 is 0 Å². The van der Waals surface area contributed by atoms with E-state index < -0.39 is 0 Å². The van der Waals surface area contributed by atoms with Gasteiger partial charge in [-0.1, -0.05) is 0 Å². The lowest BCUT2D eigenvalue weighted by molar-refractivity contribution is 0.356. The maximum Gasteiger partial charge on any atom is 0.271 e. The summed E-state index contributed by atoms with van der Waals surface area (Å²) in [7, 11) is 3.10. The maximum atomic E-state index is 12.3. The molecule has 3 rings (SSSR count). The topological polar surface area (TPSA) is 96.2 Å². The van der Waals surface area contributed by atoms with Crippen molar-refractivity contribution in [2.24, 2.45) is 0 Å². The first-order valence-corrected chi connectivity index (χ1v) is 7.73. The van der Waals surface area contributed by atoms with Gasteiger partial charge in [0.25, 0.3) is 11.1 Å². The third kappa shape index (κ3) is 3.21. The third-order valence-electron chi connectivity index (χ3n) is 4.05. The van der Waals surface area contributed by atoms with Gasteiger partial charge in [0, 0.05) is 29.8 Å². The Morgan fingerprint density at radius 3 is 2.44 bits per heavy atom. The molecule has 0 fully saturated rings. The fourth-order valence-electron chi connectivity index (χ4n) is 2.69. The van der Waals surface area contributed by atoms with Crippen molar-refractivity contribution in [3.63, 3.8) is 0 Å². The van der Waals surface area contributed by atoms with Gasteiger partial charge in [-0.25, -0.2) is 0 Å². The minimum absolute atomic E-state index is 0.219. The van der Waals surface area contributed by atoms with Crippen LogP contribution in [-0.2, 0) is 6.54 Å². The number of ether oxygens (including phenoxy) is 2. The normalized spacial score (nSPS) is 10.7. The summed E-state index contributed by atoms with van der Waals surface area (Å²) in [5.74, 6) is 1.12. The Morgan fingerprint density at radius 2 is 1.76 bits per heavy atom. The summed E-state index contributed by atoms with van der Waals surface area (Å²) < 4.78 is 10.5. The van der Waals surface area contributed by atoms with Gasteiger partial charge in [-0.2, -0.15) is 0 Å². The average molecular weight is 341 g/mol. The van der Waals surface area contributed by atoms with E-state index in [1.54, 1.807) is 44.7 Å². The minimum Gasteiger partial charge on any atom is -0.493 e. The van der Waals surface area contributed by atoms with Gasteiger partial charge in [0.1, 0.15) is 5.69 Å². The number of hydrogen-bond acceptors (Lipinski definition) is 5. The molecule has 3 N–H and O–H groups in total. The van der Waals surface area contributed by atoms with Crippen molar-refractivity contribution in [1.82, 2.24) is 9.97 Å². The molecule has 2 aromatic heterocycles. The van der Waals surface area contributed by atoms with Gasteiger partial charge in [0.05, 0.1) is 19.7 Å². The van der Waals surface area contributed by atoms with E-state index in [9.17, 15) is 9.59 Å². The van der Waals surface area contributed by atoms with E-state index in [0.717, 1.165) is 10.9 Å². The standard InChI is InChI=1S/C18H19N3O4/c1-10-4-5-19-18(23)16(10)20-9-12-6-11-7-14(24-2)15(25-3)8-13(11)21-17(12)22/h4-8,20H,9H2,1-3H3,(H,19,23)(H,21,22). The monoisotopic (exact) mass is 341 g/mol. The molecule has 0 bridgehead atoms. The van der Waals surface area contributed by atoms with E-state index in [2.05, 4.69) is 15.3 Å². The zero-order chi connectivity index (χ0) is 18.0. The molecular weight excluding hydrogens is 322 g/mol. The molecule has 7 nitrogen and oxygen atoms in total. The molecule has 2 heterocycles. The summed E-state index contributed by atoms with van der Waals surface area (Å²) in [6.07, 6.45) is 1.59. The Morgan fingerprint density at radius 1 is 1.04 bits per heavy atom. The van der Waals surface area contributed by atoms with Crippen LogP contribution in [0, 0.1) is 6.92 Å². The highest BCUT2D eigenvalue weighted by molar-refractivity contribution is 5.83. The summed E-state index contributed by atoms with van der Waals surface area (Å²) in [6.45, 7) is 2.06. The number of H-pyrrole nitrogens is 2. The third-order valence-corrected chi connectivity index (χ3v) is 4.05. The number of methoxy groups -OCH3 is 2. The molecule has 7 heteroatoms. The summed E-state index contributed by atoms with van der Waals surface area (Å²) in [5, 5.41) is 3.85. The van der Waals surface area contributed by atoms with Crippen LogP contribution < -0.4 is 25.9 Å². The zero-order valence-electron chi connectivity index (χ0n) is 14.2. The first kappa shape index (κ1) is 16.6. The van der Waals surface area contributed by atoms with Crippen molar-refractivity contribution in [2.45, 2.75) is 13.5 Å². The number of pyridine rings is 2. The zero-order valence-corrected chi connectivity index (χ0v) is 14.2. The first-order valence-electron chi connectivity index (χ1n) is 7.73. The Balaban J connectivity index is 1.98. The molecule has 0 unspecified atom stereocenters. The summed E-state index contributed by atoms with van der Waals surface area (Å²) in [4.78, 5) is 29.7. The second-order valence-electron chi connectivity index (χ2n) is 5.64.